The minimum atomic E-state index is -1.52. The van der Waals surface area contributed by atoms with Gasteiger partial charge in [0.2, 0.25) is 0 Å². The highest BCUT2D eigenvalue weighted by molar-refractivity contribution is 5.84. The summed E-state index contributed by atoms with van der Waals surface area (Å²) in [7, 11) is 0. The van der Waals surface area contributed by atoms with E-state index < -0.39 is 23.2 Å². The van der Waals surface area contributed by atoms with Gasteiger partial charge in [-0.3, -0.25) is 5.32 Å². The second-order valence-corrected chi connectivity index (χ2v) is 5.79. The largest absolute Gasteiger partial charge is 0.444 e. The van der Waals surface area contributed by atoms with Crippen LogP contribution >= 0.6 is 0 Å². The molecule has 1 N–H and O–H groups in total. The quantitative estimate of drug-likeness (QED) is 0.876. The number of rotatable bonds is 2. The molecule has 1 aromatic rings. The van der Waals surface area contributed by atoms with Gasteiger partial charge in [0.1, 0.15) is 17.1 Å². The predicted molar refractivity (Wildman–Crippen MR) is 68.3 cm³/mol. The number of benzene rings is 1. The zero-order valence-corrected chi connectivity index (χ0v) is 11.2. The molecular formula is C14H17F2NO2. The lowest BCUT2D eigenvalue weighted by Crippen LogP contribution is -2.27. The van der Waals surface area contributed by atoms with Gasteiger partial charge in [0.05, 0.1) is 0 Å². The predicted octanol–water partition coefficient (Wildman–Crippen LogP) is 4.13. The summed E-state index contributed by atoms with van der Waals surface area (Å²) in [5, 5.41) is 2.41. The van der Waals surface area contributed by atoms with Gasteiger partial charge in [-0.05, 0) is 45.7 Å². The number of hydrogen-bond acceptors (Lipinski definition) is 2. The Labute approximate surface area is 111 Å². The van der Waals surface area contributed by atoms with Crippen molar-refractivity contribution in [1.29, 1.82) is 0 Å². The molecule has 5 heteroatoms. The van der Waals surface area contributed by atoms with Crippen LogP contribution in [-0.4, -0.2) is 11.7 Å². The average molecular weight is 269 g/mol. The Hall–Kier alpha value is -1.65. The minimum absolute atomic E-state index is 0.0576. The van der Waals surface area contributed by atoms with Crippen molar-refractivity contribution in [3.05, 3.63) is 29.6 Å². The smallest absolute Gasteiger partial charge is 0.412 e. The standard InChI is InChI=1S/C14H17F2NO2/c1-13(2,3)19-12(18)17-9-4-5-10(11(15)8-9)14(16)6-7-14/h4-5,8H,6-7H2,1-3H3,(H,17,18). The number of hydrogen-bond donors (Lipinski definition) is 1. The summed E-state index contributed by atoms with van der Waals surface area (Å²) >= 11 is 0. The summed E-state index contributed by atoms with van der Waals surface area (Å²) in [4.78, 5) is 11.5. The molecule has 1 aromatic carbocycles. The number of nitrogens with one attached hydrogen (secondary N) is 1. The van der Waals surface area contributed by atoms with E-state index in [1.807, 2.05) is 0 Å². The molecule has 0 spiro atoms. The van der Waals surface area contributed by atoms with Crippen molar-refractivity contribution in [3.63, 3.8) is 0 Å². The highest BCUT2D eigenvalue weighted by Crippen LogP contribution is 2.50. The normalized spacial score (nSPS) is 16.9. The Morgan fingerprint density at radius 3 is 2.47 bits per heavy atom. The van der Waals surface area contributed by atoms with Crippen LogP contribution in [0.4, 0.5) is 19.3 Å². The molecule has 1 amide bonds. The van der Waals surface area contributed by atoms with Gasteiger partial charge in [-0.15, -0.1) is 0 Å². The lowest BCUT2D eigenvalue weighted by Gasteiger charge is -2.19. The lowest BCUT2D eigenvalue weighted by atomic mass is 10.1. The highest BCUT2D eigenvalue weighted by Gasteiger charge is 2.46. The summed E-state index contributed by atoms with van der Waals surface area (Å²) in [6, 6.07) is 3.95. The van der Waals surface area contributed by atoms with Gasteiger partial charge >= 0.3 is 6.09 Å². The third-order valence-electron chi connectivity index (χ3n) is 2.79. The summed E-state index contributed by atoms with van der Waals surface area (Å²) in [6.45, 7) is 5.20. The molecule has 2 rings (SSSR count). The molecule has 1 aliphatic carbocycles. The van der Waals surface area contributed by atoms with Crippen LogP contribution in [-0.2, 0) is 10.4 Å². The van der Waals surface area contributed by atoms with Crippen LogP contribution in [0, 0.1) is 5.82 Å². The Kier molecular flexibility index (Phi) is 3.24. The van der Waals surface area contributed by atoms with E-state index in [2.05, 4.69) is 5.32 Å². The Morgan fingerprint density at radius 2 is 2.00 bits per heavy atom. The van der Waals surface area contributed by atoms with Gasteiger partial charge in [0, 0.05) is 11.3 Å². The van der Waals surface area contributed by atoms with Crippen molar-refractivity contribution < 1.29 is 18.3 Å². The summed E-state index contributed by atoms with van der Waals surface area (Å²) in [5.74, 6) is -0.645. The van der Waals surface area contributed by atoms with Crippen molar-refractivity contribution in [3.8, 4) is 0 Å². The minimum Gasteiger partial charge on any atom is -0.444 e. The molecule has 0 heterocycles. The van der Waals surface area contributed by atoms with E-state index in [-0.39, 0.29) is 11.3 Å². The molecule has 1 saturated carbocycles. The van der Waals surface area contributed by atoms with E-state index >= 15 is 0 Å². The fourth-order valence-electron chi connectivity index (χ4n) is 1.76. The molecule has 0 saturated heterocycles. The molecule has 0 unspecified atom stereocenters. The number of amides is 1. The van der Waals surface area contributed by atoms with Crippen LogP contribution in [0.15, 0.2) is 18.2 Å². The highest BCUT2D eigenvalue weighted by atomic mass is 19.2. The molecule has 3 nitrogen and oxygen atoms in total. The van der Waals surface area contributed by atoms with Gasteiger partial charge < -0.3 is 4.74 Å². The van der Waals surface area contributed by atoms with Crippen molar-refractivity contribution >= 4 is 11.8 Å². The van der Waals surface area contributed by atoms with Crippen molar-refractivity contribution in [2.75, 3.05) is 5.32 Å². The molecular weight excluding hydrogens is 252 g/mol. The van der Waals surface area contributed by atoms with Crippen LogP contribution in [0.5, 0.6) is 0 Å². The van der Waals surface area contributed by atoms with Gasteiger partial charge in [-0.25, -0.2) is 13.6 Å². The second-order valence-electron chi connectivity index (χ2n) is 5.79. The third-order valence-corrected chi connectivity index (χ3v) is 2.79. The second kappa shape index (κ2) is 4.47. The van der Waals surface area contributed by atoms with E-state index in [1.165, 1.54) is 12.1 Å². The monoisotopic (exact) mass is 269 g/mol. The van der Waals surface area contributed by atoms with Crippen molar-refractivity contribution in [2.24, 2.45) is 0 Å². The Balaban J connectivity index is 2.06. The number of anilines is 1. The number of carbonyl (C=O) groups excluding carboxylic acids is 1. The van der Waals surface area contributed by atoms with Gasteiger partial charge in [0.25, 0.3) is 0 Å². The summed E-state index contributed by atoms with van der Waals surface area (Å²) < 4.78 is 32.5. The SMILES string of the molecule is CC(C)(C)OC(=O)Nc1ccc(C2(F)CC2)c(F)c1. The van der Waals surface area contributed by atoms with Crippen LogP contribution in [0.25, 0.3) is 0 Å². The lowest BCUT2D eigenvalue weighted by molar-refractivity contribution is 0.0636. The summed E-state index contributed by atoms with van der Waals surface area (Å²) in [6.07, 6.45) is 0.0342. The van der Waals surface area contributed by atoms with Crippen molar-refractivity contribution in [2.45, 2.75) is 44.9 Å². The maximum Gasteiger partial charge on any atom is 0.412 e. The zero-order chi connectivity index (χ0) is 14.3. The topological polar surface area (TPSA) is 38.3 Å². The van der Waals surface area contributed by atoms with Crippen LogP contribution in [0.1, 0.15) is 39.2 Å². The summed E-state index contributed by atoms with van der Waals surface area (Å²) in [5.41, 5.74) is -1.84. The molecule has 0 aromatic heterocycles. The fourth-order valence-corrected chi connectivity index (χ4v) is 1.76. The first kappa shape index (κ1) is 13.8. The number of halogens is 2. The maximum atomic E-state index is 13.8. The van der Waals surface area contributed by atoms with E-state index in [0.29, 0.717) is 12.8 Å². The Bertz CT molecular complexity index is 505. The number of alkyl halides is 1. The van der Waals surface area contributed by atoms with E-state index in [4.69, 9.17) is 4.74 Å². The van der Waals surface area contributed by atoms with Gasteiger partial charge in [-0.2, -0.15) is 0 Å². The van der Waals surface area contributed by atoms with E-state index in [9.17, 15) is 13.6 Å². The van der Waals surface area contributed by atoms with Gasteiger partial charge in [0.15, 0.2) is 0 Å². The fraction of sp³-hybridized carbons (Fsp3) is 0.500. The third kappa shape index (κ3) is 3.43. The molecule has 1 fully saturated rings. The van der Waals surface area contributed by atoms with E-state index in [1.54, 1.807) is 20.8 Å². The molecule has 0 aliphatic heterocycles. The van der Waals surface area contributed by atoms with Gasteiger partial charge in [-0.1, -0.05) is 6.07 Å². The van der Waals surface area contributed by atoms with Crippen molar-refractivity contribution in [1.82, 2.24) is 0 Å². The number of carbonyl (C=O) groups is 1. The molecule has 1 aliphatic rings. The number of ether oxygens (including phenoxy) is 1. The molecule has 104 valence electrons. The zero-order valence-electron chi connectivity index (χ0n) is 11.2. The first-order valence-corrected chi connectivity index (χ1v) is 6.19. The Morgan fingerprint density at radius 1 is 1.37 bits per heavy atom. The first-order valence-electron chi connectivity index (χ1n) is 6.19. The maximum absolute atomic E-state index is 13.8. The van der Waals surface area contributed by atoms with E-state index in [0.717, 1.165) is 6.07 Å². The molecule has 0 radical (unpaired) electrons. The molecule has 0 bridgehead atoms. The van der Waals surface area contributed by atoms with Crippen LogP contribution in [0.3, 0.4) is 0 Å². The molecule has 0 atom stereocenters. The average Bonchev–Trinajstić information content (AvgIpc) is 2.94. The molecule has 19 heavy (non-hydrogen) atoms. The first-order chi connectivity index (χ1) is 8.70. The van der Waals surface area contributed by atoms with Crippen LogP contribution in [0.2, 0.25) is 0 Å². The van der Waals surface area contributed by atoms with Crippen LogP contribution < -0.4 is 5.32 Å².